The molecule has 2 unspecified atom stereocenters. The Kier molecular flexibility index (Phi) is 4.90. The highest BCUT2D eigenvalue weighted by Crippen LogP contribution is 2.22. The van der Waals surface area contributed by atoms with Gasteiger partial charge in [-0.05, 0) is 31.3 Å². The molecule has 1 aromatic carbocycles. The number of piperidine rings is 1. The highest BCUT2D eigenvalue weighted by molar-refractivity contribution is 7.89. The molecule has 1 fully saturated rings. The van der Waals surface area contributed by atoms with Gasteiger partial charge in [-0.1, -0.05) is 6.92 Å². The monoisotopic (exact) mass is 322 g/mol. The van der Waals surface area contributed by atoms with Gasteiger partial charge in [0.25, 0.3) is 0 Å². The van der Waals surface area contributed by atoms with Crippen LogP contribution in [-0.2, 0) is 10.0 Å². The van der Waals surface area contributed by atoms with E-state index in [1.165, 1.54) is 0 Å². The maximum absolute atomic E-state index is 13.5. The lowest BCUT2D eigenvalue weighted by Gasteiger charge is -2.29. The molecule has 118 valence electrons. The second-order valence-electron chi connectivity index (χ2n) is 5.28. The van der Waals surface area contributed by atoms with E-state index in [1.54, 1.807) is 0 Å². The Bertz CT molecular complexity index is 599. The summed E-state index contributed by atoms with van der Waals surface area (Å²) in [7, 11) is -4.35. The van der Waals surface area contributed by atoms with Crippen LogP contribution in [0.1, 0.15) is 13.3 Å². The molecule has 1 heterocycles. The minimum atomic E-state index is -4.35. The van der Waals surface area contributed by atoms with E-state index in [2.05, 4.69) is 10.0 Å². The summed E-state index contributed by atoms with van der Waals surface area (Å²) in [4.78, 5) is -1.13. The summed E-state index contributed by atoms with van der Waals surface area (Å²) in [5.41, 5.74) is 0. The zero-order valence-corrected chi connectivity index (χ0v) is 12.3. The smallest absolute Gasteiger partial charge is 0.246 e. The van der Waals surface area contributed by atoms with Crippen LogP contribution in [0.3, 0.4) is 0 Å². The van der Waals surface area contributed by atoms with E-state index in [4.69, 9.17) is 0 Å². The standard InChI is InChI=1S/C13H17F3N2O2S/c1-8-6-17-3-2-9(8)7-18-21(19,20)13-11(15)4-10(14)5-12(13)16/h4-5,8-9,17-18H,2-3,6-7H2,1H3. The third-order valence-corrected chi connectivity index (χ3v) is 5.20. The Morgan fingerprint density at radius 2 is 1.90 bits per heavy atom. The minimum absolute atomic E-state index is 0.0904. The van der Waals surface area contributed by atoms with Crippen LogP contribution in [0.5, 0.6) is 0 Å². The molecular formula is C13H17F3N2O2S. The van der Waals surface area contributed by atoms with E-state index in [-0.39, 0.29) is 18.4 Å². The van der Waals surface area contributed by atoms with E-state index in [0.717, 1.165) is 19.5 Å². The number of hydrogen-bond acceptors (Lipinski definition) is 3. The largest absolute Gasteiger partial charge is 0.316 e. The van der Waals surface area contributed by atoms with Crippen LogP contribution in [-0.4, -0.2) is 28.1 Å². The van der Waals surface area contributed by atoms with Crippen LogP contribution in [0, 0.1) is 29.3 Å². The summed E-state index contributed by atoms with van der Waals surface area (Å²) in [5.74, 6) is -3.68. The summed E-state index contributed by atoms with van der Waals surface area (Å²) in [5, 5.41) is 3.18. The van der Waals surface area contributed by atoms with Gasteiger partial charge in [0.15, 0.2) is 4.90 Å². The van der Waals surface area contributed by atoms with Gasteiger partial charge in [0, 0.05) is 18.7 Å². The van der Waals surface area contributed by atoms with Crippen molar-refractivity contribution in [3.8, 4) is 0 Å². The number of rotatable bonds is 4. The average molecular weight is 322 g/mol. The van der Waals surface area contributed by atoms with Crippen molar-refractivity contribution in [1.82, 2.24) is 10.0 Å². The van der Waals surface area contributed by atoms with Crippen LogP contribution in [0.4, 0.5) is 13.2 Å². The Labute approximate surface area is 121 Å². The first-order valence-corrected chi connectivity index (χ1v) is 8.14. The zero-order valence-electron chi connectivity index (χ0n) is 11.5. The van der Waals surface area contributed by atoms with E-state index in [9.17, 15) is 21.6 Å². The Hall–Kier alpha value is -1.12. The molecule has 1 aliphatic rings. The van der Waals surface area contributed by atoms with Crippen molar-refractivity contribution in [3.63, 3.8) is 0 Å². The van der Waals surface area contributed by atoms with Crippen molar-refractivity contribution in [2.45, 2.75) is 18.2 Å². The van der Waals surface area contributed by atoms with Crippen LogP contribution in [0.15, 0.2) is 17.0 Å². The average Bonchev–Trinajstić information content (AvgIpc) is 2.36. The molecule has 8 heteroatoms. The molecule has 21 heavy (non-hydrogen) atoms. The number of sulfonamides is 1. The summed E-state index contributed by atoms with van der Waals surface area (Å²) in [6, 6.07) is 0.704. The lowest BCUT2D eigenvalue weighted by molar-refractivity contribution is 0.274. The summed E-state index contributed by atoms with van der Waals surface area (Å²) >= 11 is 0. The normalized spacial score (nSPS) is 23.2. The van der Waals surface area contributed by atoms with Crippen LogP contribution in [0.2, 0.25) is 0 Å². The molecule has 0 bridgehead atoms. The van der Waals surface area contributed by atoms with Crippen molar-refractivity contribution in [2.75, 3.05) is 19.6 Å². The zero-order chi connectivity index (χ0) is 15.6. The SMILES string of the molecule is CC1CNCCC1CNS(=O)(=O)c1c(F)cc(F)cc1F. The molecule has 0 spiro atoms. The maximum Gasteiger partial charge on any atom is 0.246 e. The Morgan fingerprint density at radius 1 is 1.29 bits per heavy atom. The fourth-order valence-corrected chi connectivity index (χ4v) is 3.66. The van der Waals surface area contributed by atoms with Crippen molar-refractivity contribution >= 4 is 10.0 Å². The molecule has 2 rings (SSSR count). The van der Waals surface area contributed by atoms with Gasteiger partial charge in [0.2, 0.25) is 10.0 Å². The van der Waals surface area contributed by atoms with E-state index >= 15 is 0 Å². The Balaban J connectivity index is 2.15. The predicted octanol–water partition coefficient (Wildman–Crippen LogP) is 1.63. The molecule has 1 aliphatic heterocycles. The number of nitrogens with one attached hydrogen (secondary N) is 2. The number of halogens is 3. The predicted molar refractivity (Wildman–Crippen MR) is 71.6 cm³/mol. The van der Waals surface area contributed by atoms with Crippen LogP contribution in [0.25, 0.3) is 0 Å². The first-order valence-electron chi connectivity index (χ1n) is 6.66. The van der Waals surface area contributed by atoms with Gasteiger partial charge in [-0.3, -0.25) is 0 Å². The summed E-state index contributed by atoms with van der Waals surface area (Å²) < 4.78 is 66.1. The lowest BCUT2D eigenvalue weighted by atomic mass is 9.88. The molecular weight excluding hydrogens is 305 g/mol. The Morgan fingerprint density at radius 3 is 2.48 bits per heavy atom. The van der Waals surface area contributed by atoms with Gasteiger partial charge in [0.05, 0.1) is 0 Å². The van der Waals surface area contributed by atoms with Crippen LogP contribution < -0.4 is 10.0 Å². The topological polar surface area (TPSA) is 58.2 Å². The van der Waals surface area contributed by atoms with Gasteiger partial charge < -0.3 is 5.32 Å². The molecule has 1 saturated heterocycles. The highest BCUT2D eigenvalue weighted by atomic mass is 32.2. The number of benzene rings is 1. The minimum Gasteiger partial charge on any atom is -0.316 e. The van der Waals surface area contributed by atoms with Crippen molar-refractivity contribution in [3.05, 3.63) is 29.6 Å². The molecule has 0 radical (unpaired) electrons. The molecule has 2 N–H and O–H groups in total. The fraction of sp³-hybridized carbons (Fsp3) is 0.538. The van der Waals surface area contributed by atoms with Gasteiger partial charge in [-0.25, -0.2) is 26.3 Å². The maximum atomic E-state index is 13.5. The van der Waals surface area contributed by atoms with Crippen molar-refractivity contribution < 1.29 is 21.6 Å². The molecule has 0 aliphatic carbocycles. The van der Waals surface area contributed by atoms with E-state index in [0.29, 0.717) is 12.1 Å². The first kappa shape index (κ1) is 16.3. The molecule has 4 nitrogen and oxygen atoms in total. The third kappa shape index (κ3) is 3.75. The van der Waals surface area contributed by atoms with Crippen molar-refractivity contribution in [2.24, 2.45) is 11.8 Å². The molecule has 2 atom stereocenters. The quantitative estimate of drug-likeness (QED) is 0.886. The van der Waals surface area contributed by atoms with Gasteiger partial charge in [0.1, 0.15) is 17.5 Å². The van der Waals surface area contributed by atoms with Crippen LogP contribution >= 0.6 is 0 Å². The van der Waals surface area contributed by atoms with E-state index < -0.39 is 32.4 Å². The van der Waals surface area contributed by atoms with Gasteiger partial charge in [-0.2, -0.15) is 0 Å². The number of hydrogen-bond donors (Lipinski definition) is 2. The van der Waals surface area contributed by atoms with E-state index in [1.807, 2.05) is 6.92 Å². The fourth-order valence-electron chi connectivity index (χ4n) is 2.45. The third-order valence-electron chi connectivity index (χ3n) is 3.73. The highest BCUT2D eigenvalue weighted by Gasteiger charge is 2.28. The van der Waals surface area contributed by atoms with Gasteiger partial charge >= 0.3 is 0 Å². The molecule has 0 amide bonds. The van der Waals surface area contributed by atoms with Gasteiger partial charge in [-0.15, -0.1) is 0 Å². The second-order valence-corrected chi connectivity index (χ2v) is 6.98. The molecule has 0 aromatic heterocycles. The summed E-state index contributed by atoms with van der Waals surface area (Å²) in [6.07, 6.45) is 0.776. The second kappa shape index (κ2) is 6.33. The first-order chi connectivity index (χ1) is 9.81. The molecule has 0 saturated carbocycles. The lowest BCUT2D eigenvalue weighted by Crippen LogP contribution is -2.41. The summed E-state index contributed by atoms with van der Waals surface area (Å²) in [6.45, 7) is 3.62. The molecule has 1 aromatic rings. The van der Waals surface area contributed by atoms with Crippen molar-refractivity contribution in [1.29, 1.82) is 0 Å².